The second kappa shape index (κ2) is 7.07. The molecule has 0 spiro atoms. The van der Waals surface area contributed by atoms with Gasteiger partial charge in [0.1, 0.15) is 0 Å². The Bertz CT molecular complexity index is 259. The minimum Gasteiger partial charge on any atom is -0.379 e. The number of likely N-dealkylation sites (N-methyl/N-ethyl adjacent to an activating group) is 1. The monoisotopic (exact) mass is 255 g/mol. The molecule has 0 saturated carbocycles. The van der Waals surface area contributed by atoms with Crippen LogP contribution in [0.2, 0.25) is 0 Å². The van der Waals surface area contributed by atoms with E-state index >= 15 is 0 Å². The number of morpholine rings is 1. The second-order valence-corrected chi connectivity index (χ2v) is 5.31. The predicted molar refractivity (Wildman–Crippen MR) is 70.5 cm³/mol. The van der Waals surface area contributed by atoms with E-state index in [1.165, 1.54) is 19.4 Å². The van der Waals surface area contributed by atoms with Gasteiger partial charge in [-0.2, -0.15) is 0 Å². The Morgan fingerprint density at radius 1 is 1.17 bits per heavy atom. The van der Waals surface area contributed by atoms with Gasteiger partial charge in [0.05, 0.1) is 19.8 Å². The summed E-state index contributed by atoms with van der Waals surface area (Å²) < 4.78 is 5.37. The fourth-order valence-electron chi connectivity index (χ4n) is 2.76. The summed E-state index contributed by atoms with van der Waals surface area (Å²) in [4.78, 5) is 16.1. The van der Waals surface area contributed by atoms with Crippen molar-refractivity contribution in [2.24, 2.45) is 5.92 Å². The van der Waals surface area contributed by atoms with Crippen LogP contribution in [0.4, 0.5) is 0 Å². The van der Waals surface area contributed by atoms with Crippen LogP contribution < -0.4 is 5.32 Å². The van der Waals surface area contributed by atoms with E-state index in [4.69, 9.17) is 4.74 Å². The third-order valence-electron chi connectivity index (χ3n) is 3.97. The SMILES string of the molecule is CNC(=O)CN1CCC(CN2CCOCC2)CC1. The third kappa shape index (κ3) is 4.23. The van der Waals surface area contributed by atoms with Crippen molar-refractivity contribution in [3.8, 4) is 0 Å². The van der Waals surface area contributed by atoms with E-state index in [2.05, 4.69) is 15.1 Å². The Hall–Kier alpha value is -0.650. The van der Waals surface area contributed by atoms with Crippen LogP contribution in [0.1, 0.15) is 12.8 Å². The standard InChI is InChI=1S/C13H25N3O2/c1-14-13(17)11-15-4-2-12(3-5-15)10-16-6-8-18-9-7-16/h12H,2-11H2,1H3,(H,14,17). The van der Waals surface area contributed by atoms with Gasteiger partial charge in [0, 0.05) is 26.7 Å². The molecule has 2 aliphatic heterocycles. The Morgan fingerprint density at radius 3 is 2.44 bits per heavy atom. The van der Waals surface area contributed by atoms with E-state index in [0.717, 1.165) is 45.3 Å². The summed E-state index contributed by atoms with van der Waals surface area (Å²) >= 11 is 0. The molecule has 0 radical (unpaired) electrons. The molecule has 2 heterocycles. The minimum absolute atomic E-state index is 0.127. The molecular weight excluding hydrogens is 230 g/mol. The van der Waals surface area contributed by atoms with Crippen LogP contribution in [0.5, 0.6) is 0 Å². The number of carbonyl (C=O) groups excluding carboxylic acids is 1. The van der Waals surface area contributed by atoms with E-state index in [-0.39, 0.29) is 5.91 Å². The predicted octanol–water partition coefficient (Wildman–Crippen LogP) is -0.223. The first-order valence-electron chi connectivity index (χ1n) is 7.01. The molecule has 1 amide bonds. The van der Waals surface area contributed by atoms with Crippen LogP contribution in [-0.2, 0) is 9.53 Å². The highest BCUT2D eigenvalue weighted by Crippen LogP contribution is 2.18. The Balaban J connectivity index is 1.65. The average molecular weight is 255 g/mol. The largest absolute Gasteiger partial charge is 0.379 e. The van der Waals surface area contributed by atoms with Gasteiger partial charge in [-0.15, -0.1) is 0 Å². The van der Waals surface area contributed by atoms with E-state index in [1.807, 2.05) is 0 Å². The summed E-state index contributed by atoms with van der Waals surface area (Å²) in [5, 5.41) is 2.69. The summed E-state index contributed by atoms with van der Waals surface area (Å²) in [6.07, 6.45) is 2.43. The number of nitrogens with one attached hydrogen (secondary N) is 1. The van der Waals surface area contributed by atoms with Gasteiger partial charge in [0.15, 0.2) is 0 Å². The van der Waals surface area contributed by atoms with Crippen molar-refractivity contribution < 1.29 is 9.53 Å². The zero-order valence-corrected chi connectivity index (χ0v) is 11.4. The van der Waals surface area contributed by atoms with Gasteiger partial charge in [-0.25, -0.2) is 0 Å². The molecule has 2 fully saturated rings. The maximum absolute atomic E-state index is 11.3. The van der Waals surface area contributed by atoms with Crippen molar-refractivity contribution in [1.29, 1.82) is 0 Å². The van der Waals surface area contributed by atoms with Gasteiger partial charge in [0.25, 0.3) is 0 Å². The molecule has 18 heavy (non-hydrogen) atoms. The molecule has 5 heteroatoms. The van der Waals surface area contributed by atoms with Crippen molar-refractivity contribution in [1.82, 2.24) is 15.1 Å². The lowest BCUT2D eigenvalue weighted by Gasteiger charge is -2.35. The Kier molecular flexibility index (Phi) is 5.41. The topological polar surface area (TPSA) is 44.8 Å². The molecule has 104 valence electrons. The van der Waals surface area contributed by atoms with Crippen molar-refractivity contribution >= 4 is 5.91 Å². The first-order valence-corrected chi connectivity index (χ1v) is 7.01. The van der Waals surface area contributed by atoms with Crippen molar-refractivity contribution in [2.75, 3.05) is 59.5 Å². The second-order valence-electron chi connectivity index (χ2n) is 5.31. The number of ether oxygens (including phenoxy) is 1. The summed E-state index contributed by atoms with van der Waals surface area (Å²) in [6.45, 7) is 7.81. The number of amides is 1. The molecule has 2 rings (SSSR count). The quantitative estimate of drug-likeness (QED) is 0.754. The lowest BCUT2D eigenvalue weighted by atomic mass is 9.96. The average Bonchev–Trinajstić information content (AvgIpc) is 2.42. The maximum Gasteiger partial charge on any atom is 0.233 e. The van der Waals surface area contributed by atoms with Crippen molar-refractivity contribution in [3.05, 3.63) is 0 Å². The third-order valence-corrected chi connectivity index (χ3v) is 3.97. The number of likely N-dealkylation sites (tertiary alicyclic amines) is 1. The summed E-state index contributed by atoms with van der Waals surface area (Å²) in [5.41, 5.74) is 0. The summed E-state index contributed by atoms with van der Waals surface area (Å²) in [6, 6.07) is 0. The van der Waals surface area contributed by atoms with Gasteiger partial charge < -0.3 is 10.1 Å². The molecule has 2 saturated heterocycles. The van der Waals surface area contributed by atoms with Gasteiger partial charge in [-0.3, -0.25) is 14.6 Å². The van der Waals surface area contributed by atoms with E-state index < -0.39 is 0 Å². The number of carbonyl (C=O) groups is 1. The molecule has 0 aromatic rings. The van der Waals surface area contributed by atoms with Crippen LogP contribution in [0.25, 0.3) is 0 Å². The highest BCUT2D eigenvalue weighted by atomic mass is 16.5. The zero-order valence-electron chi connectivity index (χ0n) is 11.4. The highest BCUT2D eigenvalue weighted by molar-refractivity contribution is 5.77. The number of piperidine rings is 1. The van der Waals surface area contributed by atoms with Crippen LogP contribution in [0.3, 0.4) is 0 Å². The summed E-state index contributed by atoms with van der Waals surface area (Å²) in [7, 11) is 1.70. The van der Waals surface area contributed by atoms with Gasteiger partial charge in [-0.1, -0.05) is 0 Å². The molecule has 0 aliphatic carbocycles. The first-order chi connectivity index (χ1) is 8.78. The molecule has 0 aromatic heterocycles. The molecular formula is C13H25N3O2. The molecule has 1 N–H and O–H groups in total. The van der Waals surface area contributed by atoms with Crippen molar-refractivity contribution in [2.45, 2.75) is 12.8 Å². The number of hydrogen-bond acceptors (Lipinski definition) is 4. The number of rotatable bonds is 4. The maximum atomic E-state index is 11.3. The van der Waals surface area contributed by atoms with E-state index in [0.29, 0.717) is 6.54 Å². The van der Waals surface area contributed by atoms with Crippen molar-refractivity contribution in [3.63, 3.8) is 0 Å². The molecule has 0 bridgehead atoms. The molecule has 5 nitrogen and oxygen atoms in total. The Labute approximate surface area is 109 Å². The van der Waals surface area contributed by atoms with E-state index in [9.17, 15) is 4.79 Å². The molecule has 0 unspecified atom stereocenters. The van der Waals surface area contributed by atoms with Crippen LogP contribution >= 0.6 is 0 Å². The molecule has 0 atom stereocenters. The molecule has 2 aliphatic rings. The van der Waals surface area contributed by atoms with E-state index in [1.54, 1.807) is 7.05 Å². The van der Waals surface area contributed by atoms with Crippen LogP contribution in [0, 0.1) is 5.92 Å². The van der Waals surface area contributed by atoms with Crippen LogP contribution in [0.15, 0.2) is 0 Å². The summed E-state index contributed by atoms with van der Waals surface area (Å²) in [5.74, 6) is 0.922. The lowest BCUT2D eigenvalue weighted by molar-refractivity contribution is -0.122. The Morgan fingerprint density at radius 2 is 1.83 bits per heavy atom. The first kappa shape index (κ1) is 13.8. The normalized spacial score (nSPS) is 24.1. The molecule has 0 aromatic carbocycles. The van der Waals surface area contributed by atoms with Gasteiger partial charge in [-0.05, 0) is 31.8 Å². The van der Waals surface area contributed by atoms with Gasteiger partial charge >= 0.3 is 0 Å². The fourth-order valence-corrected chi connectivity index (χ4v) is 2.76. The van der Waals surface area contributed by atoms with Gasteiger partial charge in [0.2, 0.25) is 5.91 Å². The number of hydrogen-bond donors (Lipinski definition) is 1. The highest BCUT2D eigenvalue weighted by Gasteiger charge is 2.23. The van der Waals surface area contributed by atoms with Crippen LogP contribution in [-0.4, -0.2) is 75.2 Å². The smallest absolute Gasteiger partial charge is 0.233 e. The zero-order chi connectivity index (χ0) is 12.8. The minimum atomic E-state index is 0.127. The number of nitrogens with zero attached hydrogens (tertiary/aromatic N) is 2. The lowest BCUT2D eigenvalue weighted by Crippen LogP contribution is -2.44. The fraction of sp³-hybridized carbons (Fsp3) is 0.923.